The number of pyridine rings is 1. The van der Waals surface area contributed by atoms with E-state index in [9.17, 15) is 14.0 Å². The Kier molecular flexibility index (Phi) is 4.58. The summed E-state index contributed by atoms with van der Waals surface area (Å²) in [5, 5.41) is 2.44. The molecule has 0 saturated carbocycles. The van der Waals surface area contributed by atoms with Gasteiger partial charge in [0.2, 0.25) is 0 Å². The van der Waals surface area contributed by atoms with Crippen LogP contribution in [-0.2, 0) is 9.53 Å². The molecule has 0 bridgehead atoms. The highest BCUT2D eigenvalue weighted by molar-refractivity contribution is 5.95. The number of ether oxygens (including phenoxy) is 1. The zero-order chi connectivity index (χ0) is 14.6. The van der Waals surface area contributed by atoms with Crippen LogP contribution in [0.2, 0.25) is 0 Å². The van der Waals surface area contributed by atoms with E-state index in [1.165, 1.54) is 13.0 Å². The minimum atomic E-state index is -0.807. The quantitative estimate of drug-likeness (QED) is 0.847. The average molecular weight is 268 g/mol. The van der Waals surface area contributed by atoms with Gasteiger partial charge >= 0.3 is 5.97 Å². The highest BCUT2D eigenvalue weighted by Gasteiger charge is 2.23. The first kappa shape index (κ1) is 15.1. The smallest absolute Gasteiger partial charge is 0.328 e. The topological polar surface area (TPSA) is 68.3 Å². The maximum absolute atomic E-state index is 12.7. The number of carbonyl (C=O) groups is 2. The van der Waals surface area contributed by atoms with Crippen molar-refractivity contribution in [3.63, 3.8) is 0 Å². The molecule has 0 aliphatic heterocycles. The van der Waals surface area contributed by atoms with Gasteiger partial charge in [-0.25, -0.2) is 14.2 Å². The molecule has 1 amide bonds. The largest absolute Gasteiger partial charge is 0.458 e. The number of amides is 1. The molecule has 19 heavy (non-hydrogen) atoms. The summed E-state index contributed by atoms with van der Waals surface area (Å²) >= 11 is 0. The SMILES string of the molecule is C[C@H](NC(=O)c1ccc(F)cn1)C(=O)OC(C)(C)C. The zero-order valence-electron chi connectivity index (χ0n) is 11.4. The Morgan fingerprint density at radius 3 is 2.47 bits per heavy atom. The summed E-state index contributed by atoms with van der Waals surface area (Å²) < 4.78 is 17.8. The molecule has 0 spiro atoms. The van der Waals surface area contributed by atoms with E-state index in [0.717, 1.165) is 12.3 Å². The average Bonchev–Trinajstić information content (AvgIpc) is 2.27. The fourth-order valence-corrected chi connectivity index (χ4v) is 1.23. The second-order valence-electron chi connectivity index (χ2n) is 5.09. The summed E-state index contributed by atoms with van der Waals surface area (Å²) in [7, 11) is 0. The van der Waals surface area contributed by atoms with Crippen molar-refractivity contribution < 1.29 is 18.7 Å². The Balaban J connectivity index is 2.61. The fourth-order valence-electron chi connectivity index (χ4n) is 1.23. The predicted octanol–water partition coefficient (Wildman–Crippen LogP) is 1.68. The fraction of sp³-hybridized carbons (Fsp3) is 0.462. The molecule has 5 nitrogen and oxygen atoms in total. The number of nitrogens with one attached hydrogen (secondary N) is 1. The van der Waals surface area contributed by atoms with Gasteiger partial charge in [0.25, 0.3) is 5.91 Å². The molecule has 0 aliphatic carbocycles. The number of nitrogens with zero attached hydrogens (tertiary/aromatic N) is 1. The number of esters is 1. The third kappa shape index (κ3) is 5.03. The molecule has 0 radical (unpaired) electrons. The van der Waals surface area contributed by atoms with Crippen molar-refractivity contribution in [1.29, 1.82) is 0 Å². The minimum absolute atomic E-state index is 0.0387. The molecule has 0 fully saturated rings. The van der Waals surface area contributed by atoms with E-state index in [1.807, 2.05) is 0 Å². The molecule has 1 N–H and O–H groups in total. The van der Waals surface area contributed by atoms with Gasteiger partial charge in [0.15, 0.2) is 0 Å². The predicted molar refractivity (Wildman–Crippen MR) is 67.0 cm³/mol. The lowest BCUT2D eigenvalue weighted by Gasteiger charge is -2.22. The molecule has 1 atom stereocenters. The van der Waals surface area contributed by atoms with Gasteiger partial charge in [-0.1, -0.05) is 0 Å². The molecule has 1 aromatic heterocycles. The first-order chi connectivity index (χ1) is 8.69. The maximum Gasteiger partial charge on any atom is 0.328 e. The summed E-state index contributed by atoms with van der Waals surface area (Å²) in [6.07, 6.45) is 0.938. The molecule has 1 rings (SSSR count). The van der Waals surface area contributed by atoms with Crippen LogP contribution in [0.3, 0.4) is 0 Å². The Morgan fingerprint density at radius 2 is 2.00 bits per heavy atom. The van der Waals surface area contributed by atoms with Crippen LogP contribution in [0.25, 0.3) is 0 Å². The van der Waals surface area contributed by atoms with Crippen molar-refractivity contribution in [2.45, 2.75) is 39.3 Å². The van der Waals surface area contributed by atoms with E-state index in [-0.39, 0.29) is 5.69 Å². The summed E-state index contributed by atoms with van der Waals surface area (Å²) in [6.45, 7) is 6.72. The number of carbonyl (C=O) groups excluding carboxylic acids is 2. The van der Waals surface area contributed by atoms with Gasteiger partial charge in [0, 0.05) is 0 Å². The Hall–Kier alpha value is -1.98. The molecule has 1 heterocycles. The molecule has 0 aromatic carbocycles. The standard InChI is InChI=1S/C13H17FN2O3/c1-8(12(18)19-13(2,3)4)16-11(17)10-6-5-9(14)7-15-10/h5-8H,1-4H3,(H,16,17)/t8-/m0/s1. The van der Waals surface area contributed by atoms with Crippen LogP contribution < -0.4 is 5.32 Å². The van der Waals surface area contributed by atoms with E-state index in [4.69, 9.17) is 4.74 Å². The van der Waals surface area contributed by atoms with Crippen LogP contribution in [0.5, 0.6) is 0 Å². The minimum Gasteiger partial charge on any atom is -0.458 e. The van der Waals surface area contributed by atoms with E-state index < -0.39 is 29.3 Å². The van der Waals surface area contributed by atoms with Gasteiger partial charge in [-0.3, -0.25) is 4.79 Å². The number of aromatic nitrogens is 1. The highest BCUT2D eigenvalue weighted by Crippen LogP contribution is 2.08. The van der Waals surface area contributed by atoms with Crippen molar-refractivity contribution in [3.05, 3.63) is 29.8 Å². The normalized spacial score (nSPS) is 12.7. The van der Waals surface area contributed by atoms with Crippen LogP contribution in [0.15, 0.2) is 18.3 Å². The van der Waals surface area contributed by atoms with Crippen molar-refractivity contribution >= 4 is 11.9 Å². The van der Waals surface area contributed by atoms with Crippen LogP contribution in [0, 0.1) is 5.82 Å². The van der Waals surface area contributed by atoms with E-state index >= 15 is 0 Å². The van der Waals surface area contributed by atoms with Crippen LogP contribution >= 0.6 is 0 Å². The van der Waals surface area contributed by atoms with Crippen LogP contribution in [-0.4, -0.2) is 28.5 Å². The molecular formula is C13H17FN2O3. The van der Waals surface area contributed by atoms with E-state index in [0.29, 0.717) is 0 Å². The third-order valence-electron chi connectivity index (χ3n) is 2.07. The lowest BCUT2D eigenvalue weighted by atomic mass is 10.2. The molecule has 6 heteroatoms. The highest BCUT2D eigenvalue weighted by atomic mass is 19.1. The van der Waals surface area contributed by atoms with Crippen molar-refractivity contribution in [2.75, 3.05) is 0 Å². The number of hydrogen-bond acceptors (Lipinski definition) is 4. The summed E-state index contributed by atoms with van der Waals surface area (Å²) in [6, 6.07) is 1.56. The number of halogens is 1. The molecule has 0 aliphatic rings. The van der Waals surface area contributed by atoms with E-state index in [2.05, 4.69) is 10.3 Å². The molecule has 0 unspecified atom stereocenters. The van der Waals surface area contributed by atoms with Crippen molar-refractivity contribution in [3.8, 4) is 0 Å². The van der Waals surface area contributed by atoms with Crippen LogP contribution in [0.1, 0.15) is 38.2 Å². The van der Waals surface area contributed by atoms with Gasteiger partial charge in [0.1, 0.15) is 23.2 Å². The second-order valence-corrected chi connectivity index (χ2v) is 5.09. The number of rotatable bonds is 3. The van der Waals surface area contributed by atoms with Gasteiger partial charge < -0.3 is 10.1 Å². The number of hydrogen-bond donors (Lipinski definition) is 1. The maximum atomic E-state index is 12.7. The first-order valence-corrected chi connectivity index (χ1v) is 5.84. The first-order valence-electron chi connectivity index (χ1n) is 5.84. The third-order valence-corrected chi connectivity index (χ3v) is 2.07. The van der Waals surface area contributed by atoms with Crippen molar-refractivity contribution in [1.82, 2.24) is 10.3 Å². The van der Waals surface area contributed by atoms with E-state index in [1.54, 1.807) is 20.8 Å². The van der Waals surface area contributed by atoms with Gasteiger partial charge in [-0.05, 0) is 39.8 Å². The Morgan fingerprint density at radius 1 is 1.37 bits per heavy atom. The molecule has 0 saturated heterocycles. The monoisotopic (exact) mass is 268 g/mol. The molecule has 104 valence electrons. The van der Waals surface area contributed by atoms with Crippen LogP contribution in [0.4, 0.5) is 4.39 Å². The van der Waals surface area contributed by atoms with Crippen molar-refractivity contribution in [2.24, 2.45) is 0 Å². The lowest BCUT2D eigenvalue weighted by molar-refractivity contribution is -0.156. The summed E-state index contributed by atoms with van der Waals surface area (Å²) in [4.78, 5) is 27.0. The lowest BCUT2D eigenvalue weighted by Crippen LogP contribution is -2.42. The second kappa shape index (κ2) is 5.77. The molecular weight excluding hydrogens is 251 g/mol. The Labute approximate surface area is 111 Å². The van der Waals surface area contributed by atoms with Gasteiger partial charge in [-0.2, -0.15) is 0 Å². The summed E-state index contributed by atoms with van der Waals surface area (Å²) in [5.74, 6) is -1.63. The molecule has 1 aromatic rings. The Bertz CT molecular complexity index is 466. The van der Waals surface area contributed by atoms with Gasteiger partial charge in [0.05, 0.1) is 6.20 Å². The van der Waals surface area contributed by atoms with Gasteiger partial charge in [-0.15, -0.1) is 0 Å². The zero-order valence-corrected chi connectivity index (χ0v) is 11.4. The summed E-state index contributed by atoms with van der Waals surface area (Å²) in [5.41, 5.74) is -0.582.